The largest absolute Gasteiger partial charge is 0.450 e. The van der Waals surface area contributed by atoms with E-state index in [1.807, 2.05) is 0 Å². The Kier molecular flexibility index (Phi) is 9.68. The van der Waals surface area contributed by atoms with E-state index in [1.165, 1.54) is 0 Å². The zero-order chi connectivity index (χ0) is 10.6. The first kappa shape index (κ1) is 13.2. The average molecular weight is 205 g/mol. The fraction of sp³-hybridized carbons (Fsp3) is 0.889. The molecule has 0 aliphatic rings. The summed E-state index contributed by atoms with van der Waals surface area (Å²) in [5.41, 5.74) is 0. The molecule has 14 heavy (non-hydrogen) atoms. The molecule has 1 amide bonds. The van der Waals surface area contributed by atoms with Crippen molar-refractivity contribution in [3.05, 3.63) is 0 Å². The van der Waals surface area contributed by atoms with E-state index >= 15 is 0 Å². The Bertz CT molecular complexity index is 141. The lowest BCUT2D eigenvalue weighted by atomic mass is 10.4. The van der Waals surface area contributed by atoms with Crippen LogP contribution in [0.3, 0.4) is 0 Å². The van der Waals surface area contributed by atoms with E-state index in [9.17, 15) is 4.79 Å². The molecular weight excluding hydrogens is 186 g/mol. The molecule has 0 spiro atoms. The fourth-order valence-corrected chi connectivity index (χ4v) is 0.791. The van der Waals surface area contributed by atoms with E-state index in [2.05, 4.69) is 10.1 Å². The van der Waals surface area contributed by atoms with Crippen molar-refractivity contribution in [1.29, 1.82) is 0 Å². The van der Waals surface area contributed by atoms with Gasteiger partial charge in [-0.2, -0.15) is 0 Å². The van der Waals surface area contributed by atoms with Gasteiger partial charge in [0.1, 0.15) is 0 Å². The molecule has 0 atom stereocenters. The van der Waals surface area contributed by atoms with E-state index in [-0.39, 0.29) is 6.09 Å². The van der Waals surface area contributed by atoms with Crippen molar-refractivity contribution in [3.8, 4) is 0 Å². The van der Waals surface area contributed by atoms with Crippen LogP contribution in [-0.2, 0) is 14.2 Å². The molecule has 0 saturated heterocycles. The zero-order valence-electron chi connectivity index (χ0n) is 8.88. The van der Waals surface area contributed by atoms with Gasteiger partial charge >= 0.3 is 6.09 Å². The standard InChI is InChI=1S/C9H19NO4/c1-3-14-9(11)10-5-4-6-13-8-7-12-2/h3-8H2,1-2H3,(H,10,11). The van der Waals surface area contributed by atoms with E-state index in [0.717, 1.165) is 6.42 Å². The number of hydrogen-bond acceptors (Lipinski definition) is 4. The fourth-order valence-electron chi connectivity index (χ4n) is 0.791. The highest BCUT2D eigenvalue weighted by Crippen LogP contribution is 1.83. The number of rotatable bonds is 8. The molecule has 84 valence electrons. The van der Waals surface area contributed by atoms with Crippen molar-refractivity contribution in [2.45, 2.75) is 13.3 Å². The van der Waals surface area contributed by atoms with Crippen LogP contribution in [0.25, 0.3) is 0 Å². The summed E-state index contributed by atoms with van der Waals surface area (Å²) in [4.78, 5) is 10.8. The molecular formula is C9H19NO4. The highest BCUT2D eigenvalue weighted by atomic mass is 16.5. The maximum absolute atomic E-state index is 10.8. The van der Waals surface area contributed by atoms with Crippen LogP contribution in [0, 0.1) is 0 Å². The average Bonchev–Trinajstić information content (AvgIpc) is 2.17. The predicted octanol–water partition coefficient (Wildman–Crippen LogP) is 0.786. The minimum atomic E-state index is -0.371. The molecule has 0 aromatic carbocycles. The minimum Gasteiger partial charge on any atom is -0.450 e. The van der Waals surface area contributed by atoms with Gasteiger partial charge in [0.2, 0.25) is 0 Å². The Balaban J connectivity index is 3.01. The van der Waals surface area contributed by atoms with Crippen LogP contribution in [0.4, 0.5) is 4.79 Å². The van der Waals surface area contributed by atoms with Gasteiger partial charge in [-0.3, -0.25) is 0 Å². The molecule has 5 heteroatoms. The van der Waals surface area contributed by atoms with Crippen molar-refractivity contribution >= 4 is 6.09 Å². The van der Waals surface area contributed by atoms with Gasteiger partial charge in [-0.05, 0) is 13.3 Å². The molecule has 0 aliphatic heterocycles. The van der Waals surface area contributed by atoms with E-state index in [4.69, 9.17) is 9.47 Å². The lowest BCUT2D eigenvalue weighted by molar-refractivity contribution is 0.0692. The molecule has 0 rings (SSSR count). The molecule has 5 nitrogen and oxygen atoms in total. The van der Waals surface area contributed by atoms with Gasteiger partial charge < -0.3 is 19.5 Å². The second-order valence-corrected chi connectivity index (χ2v) is 2.61. The van der Waals surface area contributed by atoms with Gasteiger partial charge in [-0.15, -0.1) is 0 Å². The molecule has 1 N–H and O–H groups in total. The third kappa shape index (κ3) is 9.28. The topological polar surface area (TPSA) is 56.8 Å². The summed E-state index contributed by atoms with van der Waals surface area (Å²) in [6, 6.07) is 0. The summed E-state index contributed by atoms with van der Waals surface area (Å²) < 4.78 is 14.7. The van der Waals surface area contributed by atoms with Crippen LogP contribution < -0.4 is 5.32 Å². The highest BCUT2D eigenvalue weighted by molar-refractivity contribution is 5.66. The normalized spacial score (nSPS) is 9.86. The van der Waals surface area contributed by atoms with Crippen molar-refractivity contribution in [2.24, 2.45) is 0 Å². The Morgan fingerprint density at radius 3 is 2.71 bits per heavy atom. The van der Waals surface area contributed by atoms with E-state index in [0.29, 0.717) is 33.0 Å². The number of carbonyl (C=O) groups excluding carboxylic acids is 1. The Hall–Kier alpha value is -0.810. The highest BCUT2D eigenvalue weighted by Gasteiger charge is 1.97. The van der Waals surface area contributed by atoms with Crippen LogP contribution in [0.1, 0.15) is 13.3 Å². The summed E-state index contributed by atoms with van der Waals surface area (Å²) in [5.74, 6) is 0. The third-order valence-corrected chi connectivity index (χ3v) is 1.44. The number of ether oxygens (including phenoxy) is 3. The van der Waals surface area contributed by atoms with Crippen molar-refractivity contribution in [2.75, 3.05) is 40.1 Å². The number of methoxy groups -OCH3 is 1. The van der Waals surface area contributed by atoms with Gasteiger partial charge in [0.25, 0.3) is 0 Å². The van der Waals surface area contributed by atoms with Crippen molar-refractivity contribution in [1.82, 2.24) is 5.32 Å². The first-order chi connectivity index (χ1) is 6.81. The maximum atomic E-state index is 10.8. The number of amides is 1. The van der Waals surface area contributed by atoms with Gasteiger partial charge in [-0.1, -0.05) is 0 Å². The number of nitrogens with one attached hydrogen (secondary N) is 1. The minimum absolute atomic E-state index is 0.371. The molecule has 0 radical (unpaired) electrons. The van der Waals surface area contributed by atoms with Crippen LogP contribution in [0.15, 0.2) is 0 Å². The number of carbonyl (C=O) groups is 1. The predicted molar refractivity (Wildman–Crippen MR) is 52.3 cm³/mol. The summed E-state index contributed by atoms with van der Waals surface area (Å²) in [6.07, 6.45) is 0.409. The second-order valence-electron chi connectivity index (χ2n) is 2.61. The molecule has 0 unspecified atom stereocenters. The second kappa shape index (κ2) is 10.3. The quantitative estimate of drug-likeness (QED) is 0.595. The SMILES string of the molecule is CCOC(=O)NCCCOCCOC. The molecule has 0 aromatic heterocycles. The smallest absolute Gasteiger partial charge is 0.407 e. The van der Waals surface area contributed by atoms with Crippen LogP contribution in [0.5, 0.6) is 0 Å². The van der Waals surface area contributed by atoms with Crippen LogP contribution in [0.2, 0.25) is 0 Å². The maximum Gasteiger partial charge on any atom is 0.407 e. The number of hydrogen-bond donors (Lipinski definition) is 1. The molecule has 0 bridgehead atoms. The van der Waals surface area contributed by atoms with Gasteiger partial charge in [0.05, 0.1) is 19.8 Å². The molecule has 0 heterocycles. The van der Waals surface area contributed by atoms with E-state index < -0.39 is 0 Å². The Labute approximate surface area is 84.7 Å². The first-order valence-electron chi connectivity index (χ1n) is 4.78. The summed E-state index contributed by atoms with van der Waals surface area (Å²) in [6.45, 7) is 4.56. The Morgan fingerprint density at radius 1 is 1.29 bits per heavy atom. The Morgan fingerprint density at radius 2 is 2.07 bits per heavy atom. The van der Waals surface area contributed by atoms with Gasteiger partial charge in [-0.25, -0.2) is 4.79 Å². The van der Waals surface area contributed by atoms with Crippen molar-refractivity contribution < 1.29 is 19.0 Å². The monoisotopic (exact) mass is 205 g/mol. The molecule has 0 fully saturated rings. The zero-order valence-corrected chi connectivity index (χ0v) is 8.88. The van der Waals surface area contributed by atoms with Gasteiger partial charge in [0, 0.05) is 20.3 Å². The molecule has 0 aliphatic carbocycles. The summed E-state index contributed by atoms with van der Waals surface area (Å²) in [7, 11) is 1.63. The number of alkyl carbamates (subject to hydrolysis) is 1. The summed E-state index contributed by atoms with van der Waals surface area (Å²) in [5, 5.41) is 2.60. The lowest BCUT2D eigenvalue weighted by Gasteiger charge is -2.05. The van der Waals surface area contributed by atoms with Crippen LogP contribution in [-0.4, -0.2) is 46.2 Å². The third-order valence-electron chi connectivity index (χ3n) is 1.44. The molecule has 0 aromatic rings. The summed E-state index contributed by atoms with van der Waals surface area (Å²) >= 11 is 0. The first-order valence-corrected chi connectivity index (χ1v) is 4.78. The lowest BCUT2D eigenvalue weighted by Crippen LogP contribution is -2.26. The molecule has 0 saturated carbocycles. The van der Waals surface area contributed by atoms with Crippen LogP contribution >= 0.6 is 0 Å². The van der Waals surface area contributed by atoms with Crippen molar-refractivity contribution in [3.63, 3.8) is 0 Å². The van der Waals surface area contributed by atoms with Gasteiger partial charge in [0.15, 0.2) is 0 Å². The van der Waals surface area contributed by atoms with E-state index in [1.54, 1.807) is 14.0 Å².